The van der Waals surface area contributed by atoms with Crippen LogP contribution in [0.3, 0.4) is 0 Å². The molecule has 2 aromatic carbocycles. The summed E-state index contributed by atoms with van der Waals surface area (Å²) in [6, 6.07) is 14.2. The van der Waals surface area contributed by atoms with E-state index in [1.165, 1.54) is 16.8 Å². The summed E-state index contributed by atoms with van der Waals surface area (Å²) >= 11 is 0. The highest BCUT2D eigenvalue weighted by atomic mass is 35.5. The Labute approximate surface area is 186 Å². The predicted molar refractivity (Wildman–Crippen MR) is 124 cm³/mol. The first kappa shape index (κ1) is 25.4. The number of hydrogen-bond donors (Lipinski definition) is 1. The second kappa shape index (κ2) is 12.1. The third kappa shape index (κ3) is 7.27. The Morgan fingerprint density at radius 3 is 2.10 bits per heavy atom. The molecule has 1 saturated heterocycles. The first-order valence-corrected chi connectivity index (χ1v) is 9.54. The zero-order valence-electron chi connectivity index (χ0n) is 17.3. The van der Waals surface area contributed by atoms with Gasteiger partial charge < -0.3 is 19.5 Å². The number of methoxy groups -OCH3 is 1. The minimum Gasteiger partial charge on any atom is -0.497 e. The summed E-state index contributed by atoms with van der Waals surface area (Å²) < 4.78 is 11.0. The van der Waals surface area contributed by atoms with E-state index in [2.05, 4.69) is 41.8 Å². The summed E-state index contributed by atoms with van der Waals surface area (Å²) in [7, 11) is 1.68. The minimum atomic E-state index is -0.487. The van der Waals surface area contributed by atoms with E-state index in [0.717, 1.165) is 37.7 Å². The number of nitrogens with zero attached hydrogens (tertiary/aromatic N) is 2. The molecule has 3 rings (SSSR count). The lowest BCUT2D eigenvalue weighted by molar-refractivity contribution is 0.0663. The highest BCUT2D eigenvalue weighted by Crippen LogP contribution is 2.21. The zero-order chi connectivity index (χ0) is 19.2. The lowest BCUT2D eigenvalue weighted by atomic mass is 10.1. The molecule has 0 aliphatic carbocycles. The molecule has 29 heavy (non-hydrogen) atoms. The van der Waals surface area contributed by atoms with E-state index in [-0.39, 0.29) is 24.8 Å². The van der Waals surface area contributed by atoms with Gasteiger partial charge in [0.25, 0.3) is 0 Å². The summed E-state index contributed by atoms with van der Waals surface area (Å²) in [5, 5.41) is 10.3. The van der Waals surface area contributed by atoms with Crippen molar-refractivity contribution in [2.45, 2.75) is 20.0 Å². The summed E-state index contributed by atoms with van der Waals surface area (Å²) in [6.07, 6.45) is -0.487. The molecule has 162 valence electrons. The summed E-state index contributed by atoms with van der Waals surface area (Å²) in [4.78, 5) is 4.67. The van der Waals surface area contributed by atoms with Crippen molar-refractivity contribution < 1.29 is 14.6 Å². The van der Waals surface area contributed by atoms with Crippen LogP contribution in [-0.2, 0) is 0 Å². The fourth-order valence-corrected chi connectivity index (χ4v) is 3.33. The van der Waals surface area contributed by atoms with Gasteiger partial charge >= 0.3 is 0 Å². The molecule has 0 bridgehead atoms. The van der Waals surface area contributed by atoms with Crippen molar-refractivity contribution >= 4 is 30.5 Å². The fraction of sp³-hybridized carbons (Fsp3) is 0.455. The molecule has 2 aromatic rings. The normalized spacial score (nSPS) is 15.1. The maximum atomic E-state index is 10.3. The van der Waals surface area contributed by atoms with Crippen molar-refractivity contribution in [1.29, 1.82) is 0 Å². The zero-order valence-corrected chi connectivity index (χ0v) is 19.0. The number of piperazine rings is 1. The molecule has 7 heteroatoms. The molecule has 0 radical (unpaired) electrons. The monoisotopic (exact) mass is 442 g/mol. The number of hydrogen-bond acceptors (Lipinski definition) is 5. The molecule has 1 unspecified atom stereocenters. The van der Waals surface area contributed by atoms with Crippen LogP contribution in [0.1, 0.15) is 11.1 Å². The largest absolute Gasteiger partial charge is 0.497 e. The Kier molecular flexibility index (Phi) is 10.6. The van der Waals surface area contributed by atoms with E-state index in [4.69, 9.17) is 9.47 Å². The van der Waals surface area contributed by atoms with Crippen LogP contribution in [0.15, 0.2) is 42.5 Å². The number of ether oxygens (including phenoxy) is 2. The molecular formula is C22H32Cl2N2O3. The van der Waals surface area contributed by atoms with Crippen molar-refractivity contribution in [2.24, 2.45) is 0 Å². The molecule has 1 fully saturated rings. The molecule has 0 amide bonds. The van der Waals surface area contributed by atoms with Crippen molar-refractivity contribution in [2.75, 3.05) is 51.3 Å². The molecule has 0 aromatic heterocycles. The van der Waals surface area contributed by atoms with Crippen LogP contribution in [0.5, 0.6) is 11.5 Å². The number of benzene rings is 2. The maximum absolute atomic E-state index is 10.3. The van der Waals surface area contributed by atoms with E-state index in [1.54, 1.807) is 7.11 Å². The summed E-state index contributed by atoms with van der Waals surface area (Å²) in [5.74, 6) is 1.70. The average molecular weight is 443 g/mol. The molecule has 1 heterocycles. The lowest BCUT2D eigenvalue weighted by Gasteiger charge is -2.36. The Balaban J connectivity index is 0.00000210. The van der Waals surface area contributed by atoms with E-state index < -0.39 is 6.10 Å². The van der Waals surface area contributed by atoms with Crippen LogP contribution < -0.4 is 14.4 Å². The van der Waals surface area contributed by atoms with Crippen LogP contribution >= 0.6 is 24.8 Å². The molecule has 1 N–H and O–H groups in total. The Morgan fingerprint density at radius 1 is 0.897 bits per heavy atom. The SMILES string of the molecule is COc1ccc(N2CCN(CC(O)COc3ccc(C)c(C)c3)CC2)cc1.Cl.Cl. The minimum absolute atomic E-state index is 0. The van der Waals surface area contributed by atoms with Gasteiger partial charge in [0, 0.05) is 38.4 Å². The number of rotatable bonds is 7. The fourth-order valence-electron chi connectivity index (χ4n) is 3.33. The number of anilines is 1. The second-order valence-corrected chi connectivity index (χ2v) is 7.20. The summed E-state index contributed by atoms with van der Waals surface area (Å²) in [5.41, 5.74) is 3.67. The van der Waals surface area contributed by atoms with Crippen LogP contribution in [-0.4, -0.2) is 62.6 Å². The number of aliphatic hydroxyl groups excluding tert-OH is 1. The van der Waals surface area contributed by atoms with Crippen molar-refractivity contribution in [3.8, 4) is 11.5 Å². The highest BCUT2D eigenvalue weighted by molar-refractivity contribution is 5.85. The van der Waals surface area contributed by atoms with Crippen molar-refractivity contribution in [3.63, 3.8) is 0 Å². The molecule has 0 saturated carbocycles. The second-order valence-electron chi connectivity index (χ2n) is 7.20. The molecular weight excluding hydrogens is 411 g/mol. The standard InChI is InChI=1S/C22H30N2O3.2ClH/c1-17-4-7-22(14-18(17)2)27-16-20(25)15-23-10-12-24(13-11-23)19-5-8-21(26-3)9-6-19;;/h4-9,14,20,25H,10-13,15-16H2,1-3H3;2*1H. The topological polar surface area (TPSA) is 45.2 Å². The van der Waals surface area contributed by atoms with Gasteiger partial charge in [-0.15, -0.1) is 24.8 Å². The molecule has 1 aliphatic rings. The van der Waals surface area contributed by atoms with Gasteiger partial charge in [0.2, 0.25) is 0 Å². The lowest BCUT2D eigenvalue weighted by Crippen LogP contribution is -2.49. The molecule has 5 nitrogen and oxygen atoms in total. The Morgan fingerprint density at radius 2 is 1.52 bits per heavy atom. The number of aliphatic hydroxyl groups is 1. The Hall–Kier alpha value is -1.66. The van der Waals surface area contributed by atoms with Gasteiger partial charge in [0.1, 0.15) is 24.2 Å². The van der Waals surface area contributed by atoms with Gasteiger partial charge in [-0.05, 0) is 61.4 Å². The molecule has 1 atom stereocenters. The number of aryl methyl sites for hydroxylation is 2. The molecule has 1 aliphatic heterocycles. The smallest absolute Gasteiger partial charge is 0.119 e. The van der Waals surface area contributed by atoms with Gasteiger partial charge in [-0.3, -0.25) is 4.90 Å². The van der Waals surface area contributed by atoms with Gasteiger partial charge in [-0.2, -0.15) is 0 Å². The van der Waals surface area contributed by atoms with Crippen LogP contribution in [0.2, 0.25) is 0 Å². The van der Waals surface area contributed by atoms with Crippen LogP contribution in [0, 0.1) is 13.8 Å². The van der Waals surface area contributed by atoms with Gasteiger partial charge in [0.05, 0.1) is 7.11 Å². The molecule has 0 spiro atoms. The summed E-state index contributed by atoms with van der Waals surface area (Å²) in [6.45, 7) is 8.90. The van der Waals surface area contributed by atoms with E-state index in [0.29, 0.717) is 13.2 Å². The van der Waals surface area contributed by atoms with Crippen LogP contribution in [0.4, 0.5) is 5.69 Å². The first-order chi connectivity index (χ1) is 13.0. The Bertz CT molecular complexity index is 735. The van der Waals surface area contributed by atoms with Crippen LogP contribution in [0.25, 0.3) is 0 Å². The predicted octanol–water partition coefficient (Wildman–Crippen LogP) is 3.72. The van der Waals surface area contributed by atoms with Gasteiger partial charge in [-0.25, -0.2) is 0 Å². The van der Waals surface area contributed by atoms with E-state index in [9.17, 15) is 5.11 Å². The first-order valence-electron chi connectivity index (χ1n) is 9.54. The quantitative estimate of drug-likeness (QED) is 0.707. The van der Waals surface area contributed by atoms with Gasteiger partial charge in [0.15, 0.2) is 0 Å². The van der Waals surface area contributed by atoms with Gasteiger partial charge in [-0.1, -0.05) is 6.07 Å². The number of β-amino-alcohol motifs (C(OH)–C–C–N with tert-alkyl or cyclic N) is 1. The third-order valence-electron chi connectivity index (χ3n) is 5.20. The maximum Gasteiger partial charge on any atom is 0.119 e. The van der Waals surface area contributed by atoms with Crippen molar-refractivity contribution in [1.82, 2.24) is 4.90 Å². The third-order valence-corrected chi connectivity index (χ3v) is 5.20. The highest BCUT2D eigenvalue weighted by Gasteiger charge is 2.20. The average Bonchev–Trinajstić information content (AvgIpc) is 2.69. The van der Waals surface area contributed by atoms with Crippen molar-refractivity contribution in [3.05, 3.63) is 53.6 Å². The van der Waals surface area contributed by atoms with E-state index >= 15 is 0 Å². The van der Waals surface area contributed by atoms with E-state index in [1.807, 2.05) is 24.3 Å². The number of halogens is 2.